The predicted octanol–water partition coefficient (Wildman–Crippen LogP) is 4.87. The van der Waals surface area contributed by atoms with Gasteiger partial charge in [0, 0.05) is 3.92 Å². The van der Waals surface area contributed by atoms with Crippen LogP contribution in [0, 0.1) is 6.92 Å². The van der Waals surface area contributed by atoms with Crippen molar-refractivity contribution in [2.75, 3.05) is 0 Å². The molecular formula is C18H17F3INO2S. The van der Waals surface area contributed by atoms with Crippen molar-refractivity contribution in [3.05, 3.63) is 65.7 Å². The van der Waals surface area contributed by atoms with Gasteiger partial charge in [0.15, 0.2) is 0 Å². The number of alkyl halides is 4. The Balaban J connectivity index is 2.14. The molecule has 0 radical (unpaired) electrons. The van der Waals surface area contributed by atoms with Gasteiger partial charge < -0.3 is 0 Å². The zero-order chi connectivity index (χ0) is 19.1. The first kappa shape index (κ1) is 19.6. The number of sulfonamides is 1. The molecule has 0 saturated carbocycles. The summed E-state index contributed by atoms with van der Waals surface area (Å²) in [4.78, 5) is -0.121. The molecule has 26 heavy (non-hydrogen) atoms. The molecule has 0 spiro atoms. The van der Waals surface area contributed by atoms with Gasteiger partial charge in [0.1, 0.15) is 6.04 Å². The highest BCUT2D eigenvalue weighted by Gasteiger charge is 2.57. The molecule has 0 unspecified atom stereocenters. The van der Waals surface area contributed by atoms with Crippen LogP contribution >= 0.6 is 22.6 Å². The van der Waals surface area contributed by atoms with Crippen LogP contribution < -0.4 is 0 Å². The monoisotopic (exact) mass is 495 g/mol. The van der Waals surface area contributed by atoms with E-state index in [-0.39, 0.29) is 11.3 Å². The first-order valence-electron chi connectivity index (χ1n) is 7.98. The fourth-order valence-corrected chi connectivity index (χ4v) is 6.53. The van der Waals surface area contributed by atoms with Crippen molar-refractivity contribution in [1.82, 2.24) is 4.31 Å². The number of nitrogens with zero attached hydrogens (tertiary/aromatic N) is 1. The van der Waals surface area contributed by atoms with Crippen LogP contribution in [0.15, 0.2) is 59.5 Å². The van der Waals surface area contributed by atoms with Crippen molar-refractivity contribution in [1.29, 1.82) is 0 Å². The lowest BCUT2D eigenvalue weighted by atomic mass is 10.1. The molecule has 8 heteroatoms. The SMILES string of the molecule is Cc1ccc(S(=O)(=O)N2[C@@H](c3ccccc3)[C@H](I)C[C@@H]2C(F)(F)F)cc1. The number of rotatable bonds is 3. The Hall–Kier alpha value is -1.13. The second-order valence-corrected chi connectivity index (χ2v) is 9.76. The fraction of sp³-hybridized carbons (Fsp3) is 0.333. The third-order valence-corrected chi connectivity index (χ3v) is 7.58. The third-order valence-electron chi connectivity index (χ3n) is 4.49. The summed E-state index contributed by atoms with van der Waals surface area (Å²) in [6.45, 7) is 1.79. The zero-order valence-electron chi connectivity index (χ0n) is 13.8. The third kappa shape index (κ3) is 3.63. The Morgan fingerprint density at radius 1 is 1.04 bits per heavy atom. The highest BCUT2D eigenvalue weighted by molar-refractivity contribution is 14.1. The average Bonchev–Trinajstić information content (AvgIpc) is 2.94. The normalized spacial score (nSPS) is 24.7. The van der Waals surface area contributed by atoms with Crippen molar-refractivity contribution in [3.8, 4) is 0 Å². The minimum atomic E-state index is -4.63. The molecular weight excluding hydrogens is 478 g/mol. The summed E-state index contributed by atoms with van der Waals surface area (Å²) in [6, 6.07) is 11.5. The number of benzene rings is 2. The molecule has 140 valence electrons. The van der Waals surface area contributed by atoms with Crippen LogP contribution in [0.4, 0.5) is 13.2 Å². The van der Waals surface area contributed by atoms with E-state index in [1.54, 1.807) is 49.4 Å². The van der Waals surface area contributed by atoms with Crippen molar-refractivity contribution < 1.29 is 21.6 Å². The molecule has 3 atom stereocenters. The largest absolute Gasteiger partial charge is 0.405 e. The van der Waals surface area contributed by atoms with Gasteiger partial charge in [-0.3, -0.25) is 0 Å². The molecule has 1 fully saturated rings. The van der Waals surface area contributed by atoms with Gasteiger partial charge in [-0.1, -0.05) is 70.6 Å². The molecule has 0 bridgehead atoms. The van der Waals surface area contributed by atoms with Crippen LogP contribution in [0.5, 0.6) is 0 Å². The van der Waals surface area contributed by atoms with Crippen LogP contribution in [0.1, 0.15) is 23.6 Å². The Morgan fingerprint density at radius 2 is 1.62 bits per heavy atom. The summed E-state index contributed by atoms with van der Waals surface area (Å²) in [5.74, 6) is 0. The smallest absolute Gasteiger partial charge is 0.207 e. The van der Waals surface area contributed by atoms with E-state index in [0.29, 0.717) is 9.87 Å². The van der Waals surface area contributed by atoms with Crippen molar-refractivity contribution in [2.24, 2.45) is 0 Å². The van der Waals surface area contributed by atoms with Gasteiger partial charge in [0.2, 0.25) is 10.0 Å². The number of halogens is 4. The highest BCUT2D eigenvalue weighted by Crippen LogP contribution is 2.48. The lowest BCUT2D eigenvalue weighted by Crippen LogP contribution is -2.45. The van der Waals surface area contributed by atoms with E-state index >= 15 is 0 Å². The van der Waals surface area contributed by atoms with Gasteiger partial charge in [-0.15, -0.1) is 0 Å². The zero-order valence-corrected chi connectivity index (χ0v) is 16.8. The van der Waals surface area contributed by atoms with E-state index in [1.807, 2.05) is 22.6 Å². The van der Waals surface area contributed by atoms with Crippen molar-refractivity contribution >= 4 is 32.6 Å². The van der Waals surface area contributed by atoms with Crippen LogP contribution in [-0.4, -0.2) is 28.9 Å². The molecule has 1 saturated heterocycles. The topological polar surface area (TPSA) is 37.4 Å². The molecule has 2 aromatic rings. The maximum absolute atomic E-state index is 13.7. The van der Waals surface area contributed by atoms with E-state index in [1.165, 1.54) is 12.1 Å². The first-order valence-corrected chi connectivity index (χ1v) is 10.7. The van der Waals surface area contributed by atoms with E-state index in [4.69, 9.17) is 0 Å². The second kappa shape index (κ2) is 7.12. The molecule has 1 aliphatic rings. The summed E-state index contributed by atoms with van der Waals surface area (Å²) in [6.07, 6.45) is -4.90. The van der Waals surface area contributed by atoms with Crippen molar-refractivity contribution in [3.63, 3.8) is 0 Å². The average molecular weight is 495 g/mol. The number of aryl methyl sites for hydroxylation is 1. The molecule has 0 N–H and O–H groups in total. The van der Waals surface area contributed by atoms with Gasteiger partial charge in [-0.2, -0.15) is 17.5 Å². The minimum absolute atomic E-state index is 0.121. The molecule has 0 aliphatic carbocycles. The van der Waals surface area contributed by atoms with E-state index in [2.05, 4.69) is 0 Å². The predicted molar refractivity (Wildman–Crippen MR) is 102 cm³/mol. The standard InChI is InChI=1S/C18H17F3INO2S/c1-12-7-9-14(10-8-12)26(24,25)23-16(18(19,20)21)11-15(22)17(23)13-5-3-2-4-6-13/h2-10,15-17H,11H2,1H3/t15-,16-,17+/m1/s1. The molecule has 0 amide bonds. The fourth-order valence-electron chi connectivity index (χ4n) is 3.23. The van der Waals surface area contributed by atoms with Crippen LogP contribution in [0.25, 0.3) is 0 Å². The second-order valence-electron chi connectivity index (χ2n) is 6.31. The molecule has 3 nitrogen and oxygen atoms in total. The molecule has 3 rings (SSSR count). The minimum Gasteiger partial charge on any atom is -0.207 e. The Bertz CT molecular complexity index is 870. The summed E-state index contributed by atoms with van der Waals surface area (Å²) < 4.78 is 67.5. The summed E-state index contributed by atoms with van der Waals surface area (Å²) >= 11 is 1.93. The lowest BCUT2D eigenvalue weighted by molar-refractivity contribution is -0.167. The van der Waals surface area contributed by atoms with Gasteiger partial charge in [-0.25, -0.2) is 8.42 Å². The van der Waals surface area contributed by atoms with E-state index in [9.17, 15) is 21.6 Å². The highest BCUT2D eigenvalue weighted by atomic mass is 127. The van der Waals surface area contributed by atoms with Crippen LogP contribution in [0.3, 0.4) is 0 Å². The Labute approximate surface area is 164 Å². The quantitative estimate of drug-likeness (QED) is 0.451. The molecule has 1 aliphatic heterocycles. The first-order chi connectivity index (χ1) is 12.1. The Kier molecular flexibility index (Phi) is 5.38. The van der Waals surface area contributed by atoms with E-state index < -0.39 is 32.2 Å². The Morgan fingerprint density at radius 3 is 2.15 bits per heavy atom. The number of hydrogen-bond donors (Lipinski definition) is 0. The van der Waals surface area contributed by atoms with Crippen LogP contribution in [0.2, 0.25) is 0 Å². The number of hydrogen-bond acceptors (Lipinski definition) is 2. The van der Waals surface area contributed by atoms with E-state index in [0.717, 1.165) is 5.56 Å². The summed E-state index contributed by atoms with van der Waals surface area (Å²) in [5, 5.41) is 0. The lowest BCUT2D eigenvalue weighted by Gasteiger charge is -2.31. The molecule has 2 aromatic carbocycles. The maximum Gasteiger partial charge on any atom is 0.405 e. The van der Waals surface area contributed by atoms with Crippen molar-refractivity contribution in [2.45, 2.75) is 40.4 Å². The summed E-state index contributed by atoms with van der Waals surface area (Å²) in [5.41, 5.74) is 1.40. The van der Waals surface area contributed by atoms with Gasteiger partial charge in [0.25, 0.3) is 0 Å². The molecule has 1 heterocycles. The van der Waals surface area contributed by atoms with Gasteiger partial charge >= 0.3 is 6.18 Å². The van der Waals surface area contributed by atoms with Gasteiger partial charge in [0.05, 0.1) is 10.9 Å². The van der Waals surface area contributed by atoms with Crippen LogP contribution in [-0.2, 0) is 10.0 Å². The summed E-state index contributed by atoms with van der Waals surface area (Å²) in [7, 11) is -4.31. The maximum atomic E-state index is 13.7. The van der Waals surface area contributed by atoms with Gasteiger partial charge in [-0.05, 0) is 31.0 Å². The molecule has 0 aromatic heterocycles.